The van der Waals surface area contributed by atoms with Gasteiger partial charge in [-0.1, -0.05) is 41.7 Å². The van der Waals surface area contributed by atoms with Crippen molar-refractivity contribution >= 4 is 63.1 Å². The maximum absolute atomic E-state index is 12.4. The smallest absolute Gasteiger partial charge is 0.241 e. The molecule has 4 rings (SSSR count). The summed E-state index contributed by atoms with van der Waals surface area (Å²) in [5, 5.41) is 3.92. The summed E-state index contributed by atoms with van der Waals surface area (Å²) in [5.74, 6) is -0.184. The highest BCUT2D eigenvalue weighted by Gasteiger charge is 2.17. The van der Waals surface area contributed by atoms with Gasteiger partial charge in [-0.15, -0.1) is 24.8 Å². The molecule has 0 spiro atoms. The minimum absolute atomic E-state index is 0. The first kappa shape index (κ1) is 23.4. The summed E-state index contributed by atoms with van der Waals surface area (Å²) in [6.45, 7) is 3.18. The van der Waals surface area contributed by atoms with E-state index in [-0.39, 0.29) is 30.7 Å². The summed E-state index contributed by atoms with van der Waals surface area (Å²) in [6, 6.07) is 15.0. The molecule has 1 amide bonds. The number of halogens is 2. The summed E-state index contributed by atoms with van der Waals surface area (Å²) in [5.41, 5.74) is 8.80. The van der Waals surface area contributed by atoms with E-state index in [9.17, 15) is 4.79 Å². The first-order valence-electron chi connectivity index (χ1n) is 9.03. The fourth-order valence-electron chi connectivity index (χ4n) is 3.08. The molecule has 0 radical (unpaired) electrons. The Morgan fingerprint density at radius 3 is 2.62 bits per heavy atom. The third-order valence-electron chi connectivity index (χ3n) is 4.56. The highest BCUT2D eigenvalue weighted by atomic mass is 35.5. The van der Waals surface area contributed by atoms with E-state index in [2.05, 4.69) is 10.2 Å². The van der Waals surface area contributed by atoms with Gasteiger partial charge in [-0.05, 0) is 30.2 Å². The van der Waals surface area contributed by atoms with Gasteiger partial charge in [0.1, 0.15) is 0 Å². The third-order valence-corrected chi connectivity index (χ3v) is 5.64. The molecule has 1 fully saturated rings. The Balaban J connectivity index is 0.00000150. The molecule has 1 aliphatic rings. The zero-order valence-corrected chi connectivity index (χ0v) is 18.2. The molecule has 1 atom stereocenters. The van der Waals surface area contributed by atoms with Gasteiger partial charge < -0.3 is 20.7 Å². The number of carbonyl (C=O) groups excluding carboxylic acids is 1. The average molecular weight is 455 g/mol. The lowest BCUT2D eigenvalue weighted by atomic mass is 10.1. The molecule has 0 aliphatic carbocycles. The lowest BCUT2D eigenvalue weighted by Crippen LogP contribution is -2.37. The number of fused-ring (bicyclic) bond motifs is 1. The number of amides is 1. The number of morpholine rings is 1. The van der Waals surface area contributed by atoms with Crippen LogP contribution in [0.4, 0.5) is 10.8 Å². The summed E-state index contributed by atoms with van der Waals surface area (Å²) in [4.78, 5) is 19.4. The van der Waals surface area contributed by atoms with Gasteiger partial charge in [0.05, 0.1) is 29.5 Å². The van der Waals surface area contributed by atoms with Gasteiger partial charge in [0, 0.05) is 18.8 Å². The Labute approximate surface area is 186 Å². The topological polar surface area (TPSA) is 80.5 Å². The number of carbonyl (C=O) groups is 1. The van der Waals surface area contributed by atoms with Crippen LogP contribution in [0.1, 0.15) is 5.56 Å². The molecule has 1 saturated heterocycles. The van der Waals surface area contributed by atoms with Crippen LogP contribution in [0.5, 0.6) is 0 Å². The average Bonchev–Trinajstić information content (AvgIpc) is 3.13. The van der Waals surface area contributed by atoms with Crippen LogP contribution in [0.2, 0.25) is 0 Å². The number of anilines is 2. The van der Waals surface area contributed by atoms with Gasteiger partial charge in [-0.2, -0.15) is 0 Å². The lowest BCUT2D eigenvalue weighted by Gasteiger charge is -2.25. The predicted molar refractivity (Wildman–Crippen MR) is 124 cm³/mol. The van der Waals surface area contributed by atoms with Crippen LogP contribution in [-0.4, -0.2) is 43.2 Å². The zero-order valence-electron chi connectivity index (χ0n) is 15.7. The molecular formula is C20H24Cl2N4O2S. The first-order chi connectivity index (χ1) is 13.2. The third kappa shape index (κ3) is 5.81. The second-order valence-corrected chi connectivity index (χ2v) is 7.57. The molecule has 3 aromatic rings. The van der Waals surface area contributed by atoms with Crippen molar-refractivity contribution in [2.75, 3.05) is 36.5 Å². The summed E-state index contributed by atoms with van der Waals surface area (Å²) in [7, 11) is 0. The second-order valence-electron chi connectivity index (χ2n) is 6.56. The summed E-state index contributed by atoms with van der Waals surface area (Å²) < 4.78 is 6.45. The van der Waals surface area contributed by atoms with Crippen molar-refractivity contribution in [3.05, 3.63) is 54.1 Å². The minimum atomic E-state index is -0.589. The molecule has 29 heavy (non-hydrogen) atoms. The van der Waals surface area contributed by atoms with Gasteiger partial charge in [0.15, 0.2) is 5.13 Å². The number of aromatic nitrogens is 1. The molecule has 9 heteroatoms. The normalized spacial score (nSPS) is 14.6. The number of thiazole rings is 1. The van der Waals surface area contributed by atoms with Gasteiger partial charge in [-0.25, -0.2) is 4.98 Å². The van der Waals surface area contributed by atoms with E-state index < -0.39 is 6.04 Å². The van der Waals surface area contributed by atoms with E-state index >= 15 is 0 Å². The van der Waals surface area contributed by atoms with Crippen molar-refractivity contribution in [3.63, 3.8) is 0 Å². The maximum Gasteiger partial charge on any atom is 0.241 e. The van der Waals surface area contributed by atoms with Gasteiger partial charge in [0.2, 0.25) is 5.91 Å². The Kier molecular flexibility index (Phi) is 8.67. The van der Waals surface area contributed by atoms with E-state index in [0.29, 0.717) is 6.42 Å². The van der Waals surface area contributed by atoms with Gasteiger partial charge >= 0.3 is 0 Å². The van der Waals surface area contributed by atoms with Crippen LogP contribution in [0.15, 0.2) is 48.5 Å². The number of nitrogens with one attached hydrogen (secondary N) is 1. The second kappa shape index (κ2) is 10.8. The molecular weight excluding hydrogens is 431 g/mol. The Morgan fingerprint density at radius 1 is 1.17 bits per heavy atom. The predicted octanol–water partition coefficient (Wildman–Crippen LogP) is 3.49. The molecule has 1 unspecified atom stereocenters. The van der Waals surface area contributed by atoms with Crippen LogP contribution < -0.4 is 16.0 Å². The fourth-order valence-corrected chi connectivity index (χ4v) is 4.13. The van der Waals surface area contributed by atoms with Crippen LogP contribution in [0, 0.1) is 0 Å². The number of nitrogens with two attached hydrogens (primary N) is 1. The van der Waals surface area contributed by atoms with Crippen LogP contribution in [-0.2, 0) is 16.0 Å². The van der Waals surface area contributed by atoms with E-state index in [1.54, 1.807) is 11.3 Å². The van der Waals surface area contributed by atoms with Crippen LogP contribution in [0.3, 0.4) is 0 Å². The highest BCUT2D eigenvalue weighted by Crippen LogP contribution is 2.31. The molecule has 1 aromatic heterocycles. The van der Waals surface area contributed by atoms with E-state index in [4.69, 9.17) is 15.5 Å². The summed E-state index contributed by atoms with van der Waals surface area (Å²) >= 11 is 1.63. The first-order valence-corrected chi connectivity index (χ1v) is 9.84. The highest BCUT2D eigenvalue weighted by molar-refractivity contribution is 7.22. The molecule has 0 bridgehead atoms. The standard InChI is InChI=1S/C20H22N4O2S.2ClH/c21-16(12-14-4-2-1-3-5-14)19(25)22-15-6-7-17-18(13-15)27-20(23-17)24-8-10-26-11-9-24;;/h1-7,13,16H,8-12,21H2,(H,22,25);2*1H. The number of hydrogen-bond acceptors (Lipinski definition) is 6. The molecule has 0 saturated carbocycles. The molecule has 3 N–H and O–H groups in total. The molecule has 2 aromatic carbocycles. The minimum Gasteiger partial charge on any atom is -0.378 e. The van der Waals surface area contributed by atoms with Crippen LogP contribution in [0.25, 0.3) is 10.2 Å². The number of nitrogens with zero attached hydrogens (tertiary/aromatic N) is 2. The van der Waals surface area contributed by atoms with Crippen molar-refractivity contribution in [1.82, 2.24) is 4.98 Å². The van der Waals surface area contributed by atoms with Crippen molar-refractivity contribution in [2.45, 2.75) is 12.5 Å². The number of rotatable bonds is 5. The van der Waals surface area contributed by atoms with Crippen molar-refractivity contribution < 1.29 is 9.53 Å². The monoisotopic (exact) mass is 454 g/mol. The van der Waals surface area contributed by atoms with Crippen LogP contribution >= 0.6 is 36.2 Å². The fraction of sp³-hybridized carbons (Fsp3) is 0.300. The number of ether oxygens (including phenoxy) is 1. The van der Waals surface area contributed by atoms with Gasteiger partial charge in [0.25, 0.3) is 0 Å². The van der Waals surface area contributed by atoms with Gasteiger partial charge in [-0.3, -0.25) is 4.79 Å². The number of benzene rings is 2. The van der Waals surface area contributed by atoms with Crippen molar-refractivity contribution in [3.8, 4) is 0 Å². The molecule has 156 valence electrons. The number of hydrogen-bond donors (Lipinski definition) is 2. The van der Waals surface area contributed by atoms with E-state index in [1.165, 1.54) is 0 Å². The Bertz CT molecular complexity index is 933. The summed E-state index contributed by atoms with van der Waals surface area (Å²) in [6.07, 6.45) is 0.511. The Hall–Kier alpha value is -1.90. The van der Waals surface area contributed by atoms with E-state index in [1.807, 2.05) is 48.5 Å². The molecule has 6 nitrogen and oxygen atoms in total. The Morgan fingerprint density at radius 2 is 1.90 bits per heavy atom. The maximum atomic E-state index is 12.4. The molecule has 2 heterocycles. The zero-order chi connectivity index (χ0) is 18.6. The lowest BCUT2D eigenvalue weighted by molar-refractivity contribution is -0.117. The SMILES string of the molecule is Cl.Cl.NC(Cc1ccccc1)C(=O)Nc1ccc2nc(N3CCOCC3)sc2c1. The quantitative estimate of drug-likeness (QED) is 0.616. The largest absolute Gasteiger partial charge is 0.378 e. The van der Waals surface area contributed by atoms with Crippen molar-refractivity contribution in [2.24, 2.45) is 5.73 Å². The van der Waals surface area contributed by atoms with Crippen molar-refractivity contribution in [1.29, 1.82) is 0 Å². The molecule has 1 aliphatic heterocycles. The van der Waals surface area contributed by atoms with E-state index in [0.717, 1.165) is 52.9 Å².